The van der Waals surface area contributed by atoms with Crippen LogP contribution in [-0.4, -0.2) is 31.2 Å². The molecule has 5 heteroatoms. The van der Waals surface area contributed by atoms with Crippen molar-refractivity contribution >= 4 is 5.91 Å². The van der Waals surface area contributed by atoms with Crippen molar-refractivity contribution in [3.63, 3.8) is 0 Å². The van der Waals surface area contributed by atoms with Crippen molar-refractivity contribution in [2.45, 2.75) is 6.92 Å². The van der Waals surface area contributed by atoms with Crippen LogP contribution in [0.4, 0.5) is 0 Å². The van der Waals surface area contributed by atoms with Crippen LogP contribution in [-0.2, 0) is 0 Å². The molecule has 0 aliphatic heterocycles. The predicted molar refractivity (Wildman–Crippen MR) is 79.8 cm³/mol. The van der Waals surface area contributed by atoms with Crippen LogP contribution in [0.1, 0.15) is 16.2 Å². The monoisotopic (exact) mass is 286 g/mol. The van der Waals surface area contributed by atoms with Crippen LogP contribution in [0.3, 0.4) is 0 Å². The number of carbonyl (C=O) groups is 1. The summed E-state index contributed by atoms with van der Waals surface area (Å²) in [5.74, 6) is 1.24. The van der Waals surface area contributed by atoms with E-state index in [2.05, 4.69) is 10.3 Å². The standard InChI is InChI=1S/C16H18N2O3/c1-12-5-3-8-15(18-12)16(19)17-9-10-21-14-7-4-6-13(11-14)20-2/h3-8,11H,9-10H2,1-2H3,(H,17,19). The number of aryl methyl sites for hydroxylation is 1. The van der Waals surface area contributed by atoms with Crippen molar-refractivity contribution in [1.29, 1.82) is 0 Å². The number of rotatable bonds is 6. The minimum Gasteiger partial charge on any atom is -0.497 e. The minimum atomic E-state index is -0.201. The Balaban J connectivity index is 1.78. The van der Waals surface area contributed by atoms with Gasteiger partial charge in [0, 0.05) is 11.8 Å². The third-order valence-corrected chi connectivity index (χ3v) is 2.82. The average molecular weight is 286 g/mol. The Bertz CT molecular complexity index is 614. The van der Waals surface area contributed by atoms with Crippen molar-refractivity contribution in [2.75, 3.05) is 20.3 Å². The van der Waals surface area contributed by atoms with E-state index < -0.39 is 0 Å². The number of pyridine rings is 1. The highest BCUT2D eigenvalue weighted by molar-refractivity contribution is 5.92. The largest absolute Gasteiger partial charge is 0.497 e. The Morgan fingerprint density at radius 1 is 1.19 bits per heavy atom. The van der Waals surface area contributed by atoms with Gasteiger partial charge in [0.05, 0.1) is 13.7 Å². The van der Waals surface area contributed by atoms with E-state index in [1.807, 2.05) is 37.3 Å². The normalized spacial score (nSPS) is 10.0. The van der Waals surface area contributed by atoms with E-state index >= 15 is 0 Å². The Labute approximate surface area is 123 Å². The molecule has 1 aromatic carbocycles. The third-order valence-electron chi connectivity index (χ3n) is 2.82. The van der Waals surface area contributed by atoms with Gasteiger partial charge in [-0.3, -0.25) is 4.79 Å². The fourth-order valence-corrected chi connectivity index (χ4v) is 1.78. The van der Waals surface area contributed by atoms with Gasteiger partial charge in [-0.2, -0.15) is 0 Å². The second kappa shape index (κ2) is 7.28. The topological polar surface area (TPSA) is 60.5 Å². The van der Waals surface area contributed by atoms with Gasteiger partial charge in [0.1, 0.15) is 23.8 Å². The Morgan fingerprint density at radius 3 is 2.71 bits per heavy atom. The van der Waals surface area contributed by atoms with Gasteiger partial charge in [-0.15, -0.1) is 0 Å². The molecule has 0 bridgehead atoms. The van der Waals surface area contributed by atoms with E-state index in [9.17, 15) is 4.79 Å². The number of benzene rings is 1. The van der Waals surface area contributed by atoms with Gasteiger partial charge < -0.3 is 14.8 Å². The number of amides is 1. The summed E-state index contributed by atoms with van der Waals surface area (Å²) < 4.78 is 10.7. The van der Waals surface area contributed by atoms with Gasteiger partial charge in [-0.25, -0.2) is 4.98 Å². The zero-order valence-electron chi connectivity index (χ0n) is 12.1. The highest BCUT2D eigenvalue weighted by Crippen LogP contribution is 2.18. The van der Waals surface area contributed by atoms with E-state index in [1.54, 1.807) is 19.2 Å². The van der Waals surface area contributed by atoms with Crippen LogP contribution >= 0.6 is 0 Å². The van der Waals surface area contributed by atoms with Crippen LogP contribution in [0.5, 0.6) is 11.5 Å². The van der Waals surface area contributed by atoms with Crippen LogP contribution in [0.25, 0.3) is 0 Å². The maximum atomic E-state index is 11.9. The highest BCUT2D eigenvalue weighted by atomic mass is 16.5. The maximum Gasteiger partial charge on any atom is 0.270 e. The molecule has 2 aromatic rings. The predicted octanol–water partition coefficient (Wildman–Crippen LogP) is 2.21. The quantitative estimate of drug-likeness (QED) is 0.827. The van der Waals surface area contributed by atoms with E-state index in [4.69, 9.17) is 9.47 Å². The SMILES string of the molecule is COc1cccc(OCCNC(=O)c2cccc(C)n2)c1. The number of hydrogen-bond acceptors (Lipinski definition) is 4. The van der Waals surface area contributed by atoms with E-state index in [0.717, 1.165) is 11.4 Å². The molecule has 0 unspecified atom stereocenters. The summed E-state index contributed by atoms with van der Waals surface area (Å²) in [6.45, 7) is 2.64. The molecule has 1 N–H and O–H groups in total. The van der Waals surface area contributed by atoms with Gasteiger partial charge in [-0.1, -0.05) is 12.1 Å². The van der Waals surface area contributed by atoms with Crippen LogP contribution in [0, 0.1) is 6.92 Å². The van der Waals surface area contributed by atoms with Crippen molar-refractivity contribution in [2.24, 2.45) is 0 Å². The number of carbonyl (C=O) groups excluding carboxylic acids is 1. The molecular weight excluding hydrogens is 268 g/mol. The first-order chi connectivity index (χ1) is 10.2. The van der Waals surface area contributed by atoms with Gasteiger partial charge in [0.15, 0.2) is 0 Å². The van der Waals surface area contributed by atoms with Crippen LogP contribution in [0.2, 0.25) is 0 Å². The Hall–Kier alpha value is -2.56. The molecule has 110 valence electrons. The molecule has 0 fully saturated rings. The summed E-state index contributed by atoms with van der Waals surface area (Å²) in [4.78, 5) is 16.0. The second-order valence-electron chi connectivity index (χ2n) is 4.45. The lowest BCUT2D eigenvalue weighted by molar-refractivity contribution is 0.0942. The Morgan fingerprint density at radius 2 is 1.95 bits per heavy atom. The summed E-state index contributed by atoms with van der Waals surface area (Å²) in [5, 5.41) is 2.77. The first kappa shape index (κ1) is 14.8. The number of ether oxygens (including phenoxy) is 2. The lowest BCUT2D eigenvalue weighted by atomic mass is 10.3. The fraction of sp³-hybridized carbons (Fsp3) is 0.250. The molecule has 1 amide bonds. The molecule has 0 saturated carbocycles. The summed E-state index contributed by atoms with van der Waals surface area (Å²) in [5.41, 5.74) is 1.23. The van der Waals surface area contributed by atoms with Crippen molar-refractivity contribution in [3.05, 3.63) is 53.9 Å². The molecule has 0 aliphatic carbocycles. The number of hydrogen-bond donors (Lipinski definition) is 1. The first-order valence-electron chi connectivity index (χ1n) is 6.68. The zero-order valence-corrected chi connectivity index (χ0v) is 12.1. The van der Waals surface area contributed by atoms with E-state index in [-0.39, 0.29) is 5.91 Å². The van der Waals surface area contributed by atoms with Crippen LogP contribution < -0.4 is 14.8 Å². The molecule has 0 saturated heterocycles. The molecule has 1 heterocycles. The number of nitrogens with one attached hydrogen (secondary N) is 1. The molecule has 0 atom stereocenters. The third kappa shape index (κ3) is 4.49. The van der Waals surface area contributed by atoms with Crippen molar-refractivity contribution in [3.8, 4) is 11.5 Å². The summed E-state index contributed by atoms with van der Waals surface area (Å²) >= 11 is 0. The van der Waals surface area contributed by atoms with Gasteiger partial charge in [-0.05, 0) is 31.2 Å². The maximum absolute atomic E-state index is 11.9. The highest BCUT2D eigenvalue weighted by Gasteiger charge is 2.06. The number of aromatic nitrogens is 1. The summed E-state index contributed by atoms with van der Waals surface area (Å²) in [6.07, 6.45) is 0. The molecule has 21 heavy (non-hydrogen) atoms. The average Bonchev–Trinajstić information content (AvgIpc) is 2.51. The second-order valence-corrected chi connectivity index (χ2v) is 4.45. The molecule has 5 nitrogen and oxygen atoms in total. The molecule has 0 aliphatic rings. The smallest absolute Gasteiger partial charge is 0.270 e. The lowest BCUT2D eigenvalue weighted by Gasteiger charge is -2.08. The van der Waals surface area contributed by atoms with E-state index in [1.165, 1.54) is 0 Å². The lowest BCUT2D eigenvalue weighted by Crippen LogP contribution is -2.28. The van der Waals surface area contributed by atoms with Crippen molar-refractivity contribution < 1.29 is 14.3 Å². The van der Waals surface area contributed by atoms with Gasteiger partial charge in [0.2, 0.25) is 0 Å². The molecular formula is C16H18N2O3. The molecule has 2 rings (SSSR count). The van der Waals surface area contributed by atoms with Gasteiger partial charge in [0.25, 0.3) is 5.91 Å². The molecule has 0 radical (unpaired) electrons. The van der Waals surface area contributed by atoms with Gasteiger partial charge >= 0.3 is 0 Å². The first-order valence-corrected chi connectivity index (χ1v) is 6.68. The molecule has 0 spiro atoms. The Kier molecular flexibility index (Phi) is 5.15. The van der Waals surface area contributed by atoms with E-state index in [0.29, 0.717) is 24.6 Å². The summed E-state index contributed by atoms with van der Waals surface area (Å²) in [7, 11) is 1.61. The summed E-state index contributed by atoms with van der Waals surface area (Å²) in [6, 6.07) is 12.7. The molecule has 1 aromatic heterocycles. The van der Waals surface area contributed by atoms with Crippen LogP contribution in [0.15, 0.2) is 42.5 Å². The fourth-order valence-electron chi connectivity index (χ4n) is 1.78. The zero-order chi connectivity index (χ0) is 15.1. The number of methoxy groups -OCH3 is 1. The number of nitrogens with zero attached hydrogens (tertiary/aromatic N) is 1. The minimum absolute atomic E-state index is 0.201. The van der Waals surface area contributed by atoms with Crippen molar-refractivity contribution in [1.82, 2.24) is 10.3 Å².